The minimum absolute atomic E-state index is 0.0567. The number of ether oxygens (including phenoxy) is 1. The van der Waals surface area contributed by atoms with E-state index in [1.54, 1.807) is 35.0 Å². The van der Waals surface area contributed by atoms with E-state index >= 15 is 0 Å². The molecule has 0 aliphatic rings. The van der Waals surface area contributed by atoms with Gasteiger partial charge in [0.25, 0.3) is 0 Å². The molecule has 0 fully saturated rings. The molecule has 0 spiro atoms. The maximum atomic E-state index is 13.4. The molecule has 0 saturated heterocycles. The van der Waals surface area contributed by atoms with Gasteiger partial charge in [-0.2, -0.15) is 0 Å². The Morgan fingerprint density at radius 2 is 2.07 bits per heavy atom. The third kappa shape index (κ3) is 3.77. The molecule has 7 nitrogen and oxygen atoms in total. The monoisotopic (exact) mass is 389 g/mol. The van der Waals surface area contributed by atoms with E-state index in [2.05, 4.69) is 10.1 Å². The largest absolute Gasteiger partial charge is 0.477 e. The Labute approximate surface area is 154 Å². The van der Waals surface area contributed by atoms with E-state index in [1.165, 1.54) is 18.4 Å². The zero-order valence-electron chi connectivity index (χ0n) is 14.4. The molecule has 3 heterocycles. The Bertz CT molecular complexity index is 1230. The Kier molecular flexibility index (Phi) is 4.31. The van der Waals surface area contributed by atoms with Gasteiger partial charge in [0.1, 0.15) is 26.9 Å². The van der Waals surface area contributed by atoms with Gasteiger partial charge in [-0.3, -0.25) is 0 Å². The van der Waals surface area contributed by atoms with Gasteiger partial charge in [-0.05, 0) is 36.8 Å². The molecule has 140 valence electrons. The van der Waals surface area contributed by atoms with Gasteiger partial charge in [0.15, 0.2) is 11.4 Å². The van der Waals surface area contributed by atoms with Crippen LogP contribution < -0.4 is 4.74 Å². The van der Waals surface area contributed by atoms with Crippen LogP contribution in [-0.4, -0.2) is 41.6 Å². The number of nitrogens with zero attached hydrogens (tertiary/aromatic N) is 3. The van der Waals surface area contributed by atoms with Crippen LogP contribution in [0.4, 0.5) is 4.39 Å². The van der Waals surface area contributed by atoms with Crippen molar-refractivity contribution in [3.05, 3.63) is 48.4 Å². The summed E-state index contributed by atoms with van der Waals surface area (Å²) in [5, 5.41) is 5.03. The smallest absolute Gasteiger partial charge is 0.231 e. The third-order valence-electron chi connectivity index (χ3n) is 3.98. The Hall–Kier alpha value is -2.94. The number of hydrogen-bond acceptors (Lipinski definition) is 6. The first-order valence-electron chi connectivity index (χ1n) is 8.24. The molecule has 0 saturated carbocycles. The molecule has 27 heavy (non-hydrogen) atoms. The van der Waals surface area contributed by atoms with E-state index < -0.39 is 9.84 Å². The molecular weight excluding hydrogens is 373 g/mol. The Morgan fingerprint density at radius 1 is 1.22 bits per heavy atom. The molecule has 1 aromatic carbocycles. The van der Waals surface area contributed by atoms with Crippen molar-refractivity contribution in [2.45, 2.75) is 6.42 Å². The number of furan rings is 1. The van der Waals surface area contributed by atoms with Crippen LogP contribution in [0, 0.1) is 5.82 Å². The number of aromatic nitrogens is 3. The molecular formula is C18H16FN3O4S. The van der Waals surface area contributed by atoms with Gasteiger partial charge in [-0.15, -0.1) is 5.10 Å². The molecule has 4 rings (SSSR count). The van der Waals surface area contributed by atoms with Crippen LogP contribution in [0.2, 0.25) is 0 Å². The first-order chi connectivity index (χ1) is 12.9. The second-order valence-electron chi connectivity index (χ2n) is 6.21. The summed E-state index contributed by atoms with van der Waals surface area (Å²) in [6, 6.07) is 9.44. The van der Waals surface area contributed by atoms with Crippen LogP contribution in [0.1, 0.15) is 6.42 Å². The van der Waals surface area contributed by atoms with Crippen molar-refractivity contribution in [3.8, 4) is 17.3 Å². The van der Waals surface area contributed by atoms with E-state index in [1.807, 2.05) is 0 Å². The second-order valence-corrected chi connectivity index (χ2v) is 8.47. The fourth-order valence-corrected chi connectivity index (χ4v) is 3.38. The average molecular weight is 389 g/mol. The molecule has 0 bridgehead atoms. The lowest BCUT2D eigenvalue weighted by atomic mass is 10.2. The number of benzene rings is 1. The SMILES string of the molecule is CS(=O)(=O)CCCOc1ccc2ncc(-c3cc4cc(F)ccc4o3)n2n1. The van der Waals surface area contributed by atoms with Crippen LogP contribution in [0.25, 0.3) is 28.1 Å². The normalized spacial score (nSPS) is 12.1. The highest BCUT2D eigenvalue weighted by molar-refractivity contribution is 7.90. The molecule has 0 radical (unpaired) electrons. The molecule has 0 amide bonds. The first-order valence-corrected chi connectivity index (χ1v) is 10.3. The van der Waals surface area contributed by atoms with E-state index in [0.717, 1.165) is 0 Å². The number of hydrogen-bond donors (Lipinski definition) is 0. The maximum absolute atomic E-state index is 13.4. The molecule has 0 aliphatic heterocycles. The van der Waals surface area contributed by atoms with Gasteiger partial charge in [0, 0.05) is 17.7 Å². The zero-order valence-corrected chi connectivity index (χ0v) is 15.2. The quantitative estimate of drug-likeness (QED) is 0.471. The summed E-state index contributed by atoms with van der Waals surface area (Å²) in [6.45, 7) is 0.236. The highest BCUT2D eigenvalue weighted by Crippen LogP contribution is 2.28. The van der Waals surface area contributed by atoms with Gasteiger partial charge < -0.3 is 9.15 Å². The molecule has 9 heteroatoms. The fraction of sp³-hybridized carbons (Fsp3) is 0.222. The average Bonchev–Trinajstić information content (AvgIpc) is 3.20. The zero-order chi connectivity index (χ0) is 19.0. The van der Waals surface area contributed by atoms with Crippen LogP contribution in [0.15, 0.2) is 47.0 Å². The van der Waals surface area contributed by atoms with E-state index in [0.29, 0.717) is 40.4 Å². The summed E-state index contributed by atoms with van der Waals surface area (Å²) in [5.74, 6) is 0.569. The molecule has 0 N–H and O–H groups in total. The summed E-state index contributed by atoms with van der Waals surface area (Å²) in [5.41, 5.74) is 1.76. The highest BCUT2D eigenvalue weighted by atomic mass is 32.2. The highest BCUT2D eigenvalue weighted by Gasteiger charge is 2.14. The van der Waals surface area contributed by atoms with E-state index in [9.17, 15) is 12.8 Å². The fourth-order valence-electron chi connectivity index (χ4n) is 2.74. The molecule has 3 aromatic heterocycles. The van der Waals surface area contributed by atoms with Crippen molar-refractivity contribution >= 4 is 26.5 Å². The van der Waals surface area contributed by atoms with Crippen LogP contribution in [0.5, 0.6) is 5.88 Å². The second kappa shape index (κ2) is 6.66. The van der Waals surface area contributed by atoms with Crippen molar-refractivity contribution in [1.29, 1.82) is 0 Å². The summed E-state index contributed by atoms with van der Waals surface area (Å²) < 4.78 is 48.6. The van der Waals surface area contributed by atoms with Crippen molar-refractivity contribution in [1.82, 2.24) is 14.6 Å². The third-order valence-corrected chi connectivity index (χ3v) is 5.01. The van der Waals surface area contributed by atoms with Crippen molar-refractivity contribution in [2.24, 2.45) is 0 Å². The predicted molar refractivity (Wildman–Crippen MR) is 98.0 cm³/mol. The lowest BCUT2D eigenvalue weighted by Gasteiger charge is -2.05. The molecule has 4 aromatic rings. The maximum Gasteiger partial charge on any atom is 0.231 e. The lowest BCUT2D eigenvalue weighted by molar-refractivity contribution is 0.301. The van der Waals surface area contributed by atoms with Crippen molar-refractivity contribution in [3.63, 3.8) is 0 Å². The predicted octanol–water partition coefficient (Wildman–Crippen LogP) is 3.10. The minimum atomic E-state index is -3.02. The lowest BCUT2D eigenvalue weighted by Crippen LogP contribution is -2.09. The molecule has 0 atom stereocenters. The van der Waals surface area contributed by atoms with Gasteiger partial charge in [-0.25, -0.2) is 22.3 Å². The van der Waals surface area contributed by atoms with Gasteiger partial charge in [0.05, 0.1) is 18.6 Å². The minimum Gasteiger partial charge on any atom is -0.477 e. The standard InChI is InChI=1S/C18H16FN3O4S/c1-27(23,24)8-2-7-25-18-6-5-17-20-11-14(22(17)21-18)16-10-12-9-13(19)3-4-15(12)26-16/h3-6,9-11H,2,7-8H2,1H3. The number of rotatable bonds is 6. The molecule has 0 aliphatic carbocycles. The summed E-state index contributed by atoms with van der Waals surface area (Å²) in [6.07, 6.45) is 3.18. The van der Waals surface area contributed by atoms with Crippen LogP contribution >= 0.6 is 0 Å². The Balaban J connectivity index is 1.61. The van der Waals surface area contributed by atoms with Gasteiger partial charge >= 0.3 is 0 Å². The summed E-state index contributed by atoms with van der Waals surface area (Å²) in [7, 11) is -3.02. The van der Waals surface area contributed by atoms with Crippen LogP contribution in [0.3, 0.4) is 0 Å². The number of sulfone groups is 1. The van der Waals surface area contributed by atoms with Crippen molar-refractivity contribution in [2.75, 3.05) is 18.6 Å². The number of fused-ring (bicyclic) bond motifs is 2. The van der Waals surface area contributed by atoms with Gasteiger partial charge in [-0.1, -0.05) is 0 Å². The van der Waals surface area contributed by atoms with Crippen molar-refractivity contribution < 1.29 is 22.0 Å². The van der Waals surface area contributed by atoms with Gasteiger partial charge in [0.2, 0.25) is 5.88 Å². The Morgan fingerprint density at radius 3 is 2.89 bits per heavy atom. The summed E-state index contributed by atoms with van der Waals surface area (Å²) in [4.78, 5) is 4.28. The topological polar surface area (TPSA) is 86.7 Å². The number of imidazole rings is 1. The first kappa shape index (κ1) is 17.5. The summed E-state index contributed by atoms with van der Waals surface area (Å²) >= 11 is 0. The number of halogens is 1. The van der Waals surface area contributed by atoms with Crippen LogP contribution in [-0.2, 0) is 9.84 Å². The molecule has 0 unspecified atom stereocenters. The van der Waals surface area contributed by atoms with E-state index in [-0.39, 0.29) is 18.2 Å². The van der Waals surface area contributed by atoms with E-state index in [4.69, 9.17) is 9.15 Å².